The van der Waals surface area contributed by atoms with Gasteiger partial charge in [-0.25, -0.2) is 0 Å². The standard InChI is InChI=1S/C27H23F6N5OS/c28-26(29,30)19-3-2-17(20(11-19)27(31,32)33)13-38-22-4-1-15(9-18(22)12-34-38)10-23-24(39)36-25(40-23)35-21-14-37-7-5-16(21)6-8-37/h1-4,9-12,16,21H,5-8,13-14H2,(H,35,36,39)/t21-/m1/s1. The van der Waals surface area contributed by atoms with Crippen LogP contribution < -0.4 is 5.32 Å². The summed E-state index contributed by atoms with van der Waals surface area (Å²) in [4.78, 5) is 20.3. The molecule has 6 nitrogen and oxygen atoms in total. The van der Waals surface area contributed by atoms with E-state index >= 15 is 0 Å². The van der Waals surface area contributed by atoms with E-state index < -0.39 is 23.5 Å². The van der Waals surface area contributed by atoms with E-state index in [1.807, 2.05) is 0 Å². The summed E-state index contributed by atoms with van der Waals surface area (Å²) in [5, 5.41) is 8.20. The summed E-state index contributed by atoms with van der Waals surface area (Å²) in [5.74, 6) is 0.291. The third-order valence-corrected chi connectivity index (χ3v) is 8.51. The molecular formula is C27H23F6N5OS. The highest BCUT2D eigenvalue weighted by atomic mass is 32.2. The molecule has 4 fully saturated rings. The van der Waals surface area contributed by atoms with Crippen LogP contribution in [0.25, 0.3) is 17.0 Å². The Hall–Kier alpha value is -3.32. The Kier molecular flexibility index (Phi) is 6.68. The fourth-order valence-electron chi connectivity index (χ4n) is 5.51. The van der Waals surface area contributed by atoms with Gasteiger partial charge in [0.25, 0.3) is 5.91 Å². The fraction of sp³-hybridized carbons (Fsp3) is 0.370. The van der Waals surface area contributed by atoms with Gasteiger partial charge in [-0.2, -0.15) is 31.4 Å². The van der Waals surface area contributed by atoms with Gasteiger partial charge in [-0.05, 0) is 85.1 Å². The SMILES string of the molecule is O=C1NC(=N[C@@H]2CN3CCC2CC3)SC1=Cc1ccc2c(cnn2Cc2ccc(C(F)(F)F)cc2C(F)(F)F)c1. The number of hydrogen-bond donors (Lipinski definition) is 1. The van der Waals surface area contributed by atoms with Crippen molar-refractivity contribution >= 4 is 39.8 Å². The van der Waals surface area contributed by atoms with E-state index in [4.69, 9.17) is 4.99 Å². The molecule has 4 aliphatic heterocycles. The Bertz CT molecular complexity index is 1530. The third kappa shape index (κ3) is 5.36. The Labute approximate surface area is 229 Å². The maximum atomic E-state index is 13.6. The van der Waals surface area contributed by atoms with E-state index in [-0.39, 0.29) is 30.1 Å². The number of carbonyl (C=O) groups is 1. The summed E-state index contributed by atoms with van der Waals surface area (Å²) >= 11 is 1.28. The smallest absolute Gasteiger partial charge is 0.301 e. The Morgan fingerprint density at radius 1 is 1.05 bits per heavy atom. The summed E-state index contributed by atoms with van der Waals surface area (Å²) < 4.78 is 81.1. The van der Waals surface area contributed by atoms with E-state index in [9.17, 15) is 31.1 Å². The topological polar surface area (TPSA) is 62.5 Å². The first kappa shape index (κ1) is 26.9. The van der Waals surface area contributed by atoms with Crippen LogP contribution >= 0.6 is 11.8 Å². The van der Waals surface area contributed by atoms with Crippen molar-refractivity contribution in [3.05, 3.63) is 69.8 Å². The van der Waals surface area contributed by atoms with Gasteiger partial charge in [0.2, 0.25) is 0 Å². The third-order valence-electron chi connectivity index (χ3n) is 7.58. The highest BCUT2D eigenvalue weighted by Crippen LogP contribution is 2.38. The highest BCUT2D eigenvalue weighted by Gasteiger charge is 2.38. The zero-order valence-corrected chi connectivity index (χ0v) is 21.7. The van der Waals surface area contributed by atoms with Crippen molar-refractivity contribution in [1.82, 2.24) is 20.0 Å². The molecule has 0 saturated carbocycles. The number of hydrogen-bond acceptors (Lipinski definition) is 5. The summed E-state index contributed by atoms with van der Waals surface area (Å²) in [5.41, 5.74) is -1.85. The minimum Gasteiger partial charge on any atom is -0.301 e. The molecule has 40 heavy (non-hydrogen) atoms. The van der Waals surface area contributed by atoms with E-state index in [0.29, 0.717) is 38.5 Å². The maximum Gasteiger partial charge on any atom is 0.416 e. The van der Waals surface area contributed by atoms with Crippen molar-refractivity contribution < 1.29 is 31.1 Å². The second-order valence-corrected chi connectivity index (χ2v) is 11.2. The van der Waals surface area contributed by atoms with Crippen molar-refractivity contribution in [3.8, 4) is 0 Å². The summed E-state index contributed by atoms with van der Waals surface area (Å²) in [6.45, 7) is 2.74. The van der Waals surface area contributed by atoms with Crippen molar-refractivity contribution in [2.75, 3.05) is 19.6 Å². The normalized spacial score (nSPS) is 25.4. The van der Waals surface area contributed by atoms with Crippen molar-refractivity contribution in [2.45, 2.75) is 37.8 Å². The van der Waals surface area contributed by atoms with Gasteiger partial charge in [-0.15, -0.1) is 0 Å². The quantitative estimate of drug-likeness (QED) is 0.315. The lowest BCUT2D eigenvalue weighted by Crippen LogP contribution is -2.50. The Balaban J connectivity index is 1.22. The second kappa shape index (κ2) is 9.95. The van der Waals surface area contributed by atoms with Crippen LogP contribution in [0, 0.1) is 5.92 Å². The van der Waals surface area contributed by atoms with Gasteiger partial charge in [0, 0.05) is 11.9 Å². The number of thioether (sulfide) groups is 1. The molecule has 210 valence electrons. The number of rotatable bonds is 4. The van der Waals surface area contributed by atoms with Crippen molar-refractivity contribution in [1.29, 1.82) is 0 Å². The predicted molar refractivity (Wildman–Crippen MR) is 139 cm³/mol. The molecule has 1 aromatic heterocycles. The number of nitrogens with zero attached hydrogens (tertiary/aromatic N) is 4. The van der Waals surface area contributed by atoms with Crippen molar-refractivity contribution in [2.24, 2.45) is 10.9 Å². The van der Waals surface area contributed by atoms with Gasteiger partial charge in [0.1, 0.15) is 0 Å². The van der Waals surface area contributed by atoms with Crippen molar-refractivity contribution in [3.63, 3.8) is 0 Å². The molecule has 1 atom stereocenters. The van der Waals surface area contributed by atoms with Gasteiger partial charge >= 0.3 is 12.4 Å². The Morgan fingerprint density at radius 3 is 2.50 bits per heavy atom. The van der Waals surface area contributed by atoms with Gasteiger partial charge < -0.3 is 10.2 Å². The largest absolute Gasteiger partial charge is 0.416 e. The number of piperidine rings is 3. The lowest BCUT2D eigenvalue weighted by atomic mass is 9.84. The molecule has 2 aromatic carbocycles. The minimum atomic E-state index is -4.96. The number of fused-ring (bicyclic) bond motifs is 4. The molecule has 7 rings (SSSR count). The lowest BCUT2D eigenvalue weighted by Gasteiger charge is -2.43. The maximum absolute atomic E-state index is 13.6. The Morgan fingerprint density at radius 2 is 1.82 bits per heavy atom. The van der Waals surface area contributed by atoms with Crippen LogP contribution in [0.4, 0.5) is 26.3 Å². The molecule has 0 spiro atoms. The first-order valence-electron chi connectivity index (χ1n) is 12.7. The fourth-order valence-corrected chi connectivity index (χ4v) is 6.39. The monoisotopic (exact) mass is 579 g/mol. The number of aliphatic imine (C=N–C) groups is 1. The zero-order valence-electron chi connectivity index (χ0n) is 20.9. The molecule has 2 bridgehead atoms. The average molecular weight is 580 g/mol. The molecule has 13 heteroatoms. The van der Waals surface area contributed by atoms with Crippen LogP contribution in [0.3, 0.4) is 0 Å². The first-order chi connectivity index (χ1) is 18.9. The highest BCUT2D eigenvalue weighted by molar-refractivity contribution is 8.18. The van der Waals surface area contributed by atoms with Crippen LogP contribution in [0.15, 0.2) is 52.5 Å². The second-order valence-electron chi connectivity index (χ2n) is 10.2. The first-order valence-corrected chi connectivity index (χ1v) is 13.5. The van der Waals surface area contributed by atoms with Gasteiger partial charge in [0.05, 0.1) is 40.3 Å². The number of amidine groups is 1. The molecule has 4 saturated heterocycles. The summed E-state index contributed by atoms with van der Waals surface area (Å²) in [7, 11) is 0. The van der Waals surface area contributed by atoms with E-state index in [1.54, 1.807) is 24.3 Å². The molecule has 0 unspecified atom stereocenters. The van der Waals surface area contributed by atoms with E-state index in [2.05, 4.69) is 15.3 Å². The molecule has 0 aliphatic carbocycles. The molecular weight excluding hydrogens is 556 g/mol. The number of amides is 1. The number of halogens is 6. The predicted octanol–water partition coefficient (Wildman–Crippen LogP) is 5.78. The van der Waals surface area contributed by atoms with Gasteiger partial charge in [-0.1, -0.05) is 12.1 Å². The van der Waals surface area contributed by atoms with Crippen LogP contribution in [-0.2, 0) is 23.7 Å². The lowest BCUT2D eigenvalue weighted by molar-refractivity contribution is -0.143. The molecule has 1 N–H and O–H groups in total. The summed E-state index contributed by atoms with van der Waals surface area (Å²) in [6, 6.07) is 6.90. The molecule has 1 amide bonds. The molecule has 3 aromatic rings. The average Bonchev–Trinajstić information content (AvgIpc) is 3.45. The zero-order chi connectivity index (χ0) is 28.2. The van der Waals surface area contributed by atoms with Crippen LogP contribution in [0.5, 0.6) is 0 Å². The molecule has 0 radical (unpaired) electrons. The number of aromatic nitrogens is 2. The number of carbonyl (C=O) groups excluding carboxylic acids is 1. The van der Waals surface area contributed by atoms with Crippen LogP contribution in [-0.4, -0.2) is 51.4 Å². The van der Waals surface area contributed by atoms with Crippen LogP contribution in [0.1, 0.15) is 35.1 Å². The number of benzene rings is 2. The van der Waals surface area contributed by atoms with Gasteiger partial charge in [-0.3, -0.25) is 14.5 Å². The van der Waals surface area contributed by atoms with E-state index in [1.165, 1.54) is 22.6 Å². The van der Waals surface area contributed by atoms with Crippen LogP contribution in [0.2, 0.25) is 0 Å². The molecule has 5 heterocycles. The number of alkyl halides is 6. The van der Waals surface area contributed by atoms with E-state index in [0.717, 1.165) is 38.5 Å². The number of nitrogens with one attached hydrogen (secondary N) is 1. The van der Waals surface area contributed by atoms with Gasteiger partial charge in [0.15, 0.2) is 5.17 Å². The summed E-state index contributed by atoms with van der Waals surface area (Å²) in [6.07, 6.45) is -4.44. The molecule has 4 aliphatic rings. The minimum absolute atomic E-state index is 0.129.